The van der Waals surface area contributed by atoms with Gasteiger partial charge in [-0.25, -0.2) is 0 Å². The molecule has 0 saturated carbocycles. The van der Waals surface area contributed by atoms with Crippen molar-refractivity contribution in [1.29, 1.82) is 0 Å². The Bertz CT molecular complexity index is 258. The first-order chi connectivity index (χ1) is 7.65. The second-order valence-electron chi connectivity index (χ2n) is 3.85. The van der Waals surface area contributed by atoms with Crippen LogP contribution in [-0.2, 0) is 14.3 Å². The zero-order chi connectivity index (χ0) is 12.0. The van der Waals surface area contributed by atoms with E-state index < -0.39 is 6.04 Å². The molecule has 92 valence electrons. The van der Waals surface area contributed by atoms with Crippen molar-refractivity contribution in [1.82, 2.24) is 10.2 Å². The Labute approximate surface area is 95.1 Å². The molecule has 1 aliphatic heterocycles. The van der Waals surface area contributed by atoms with E-state index in [2.05, 4.69) is 5.32 Å². The first kappa shape index (κ1) is 12.9. The van der Waals surface area contributed by atoms with E-state index in [1.54, 1.807) is 7.11 Å². The van der Waals surface area contributed by atoms with Gasteiger partial charge < -0.3 is 20.7 Å². The van der Waals surface area contributed by atoms with E-state index in [4.69, 9.17) is 10.5 Å². The van der Waals surface area contributed by atoms with E-state index in [1.165, 1.54) is 4.90 Å². The van der Waals surface area contributed by atoms with Crippen molar-refractivity contribution in [2.24, 2.45) is 5.73 Å². The Morgan fingerprint density at radius 3 is 3.12 bits per heavy atom. The number of nitrogens with two attached hydrogens (primary N) is 1. The molecule has 1 fully saturated rings. The highest BCUT2D eigenvalue weighted by molar-refractivity contribution is 5.87. The molecule has 1 heterocycles. The Morgan fingerprint density at radius 2 is 2.44 bits per heavy atom. The van der Waals surface area contributed by atoms with Gasteiger partial charge in [-0.2, -0.15) is 0 Å². The molecule has 3 N–H and O–H groups in total. The Balaban J connectivity index is 2.47. The van der Waals surface area contributed by atoms with Crippen molar-refractivity contribution in [3.8, 4) is 0 Å². The topological polar surface area (TPSA) is 84.7 Å². The standard InChI is InChI=1S/C10H19N3O3/c1-16-6-3-8(11)10(15)13-5-2-4-12-9(14)7-13/h8H,2-7,11H2,1H3,(H,12,14). The van der Waals surface area contributed by atoms with E-state index in [1.807, 2.05) is 0 Å². The number of carbonyl (C=O) groups is 2. The molecule has 1 unspecified atom stereocenters. The summed E-state index contributed by atoms with van der Waals surface area (Å²) in [5, 5.41) is 2.71. The van der Waals surface area contributed by atoms with Gasteiger partial charge in [-0.15, -0.1) is 0 Å². The minimum atomic E-state index is -0.578. The van der Waals surface area contributed by atoms with Crippen LogP contribution in [0.4, 0.5) is 0 Å². The Kier molecular flexibility index (Phi) is 5.21. The average Bonchev–Trinajstić information content (AvgIpc) is 2.49. The predicted molar refractivity (Wildman–Crippen MR) is 58.7 cm³/mol. The van der Waals surface area contributed by atoms with Crippen LogP contribution in [0.2, 0.25) is 0 Å². The molecule has 0 aromatic rings. The van der Waals surface area contributed by atoms with E-state index in [0.29, 0.717) is 26.1 Å². The van der Waals surface area contributed by atoms with Crippen molar-refractivity contribution in [2.45, 2.75) is 18.9 Å². The minimum Gasteiger partial charge on any atom is -0.385 e. The average molecular weight is 229 g/mol. The summed E-state index contributed by atoms with van der Waals surface area (Å²) in [5.41, 5.74) is 5.73. The number of amides is 2. The van der Waals surface area contributed by atoms with E-state index in [9.17, 15) is 9.59 Å². The van der Waals surface area contributed by atoms with Crippen LogP contribution in [0, 0.1) is 0 Å². The second-order valence-corrected chi connectivity index (χ2v) is 3.85. The summed E-state index contributed by atoms with van der Waals surface area (Å²) in [7, 11) is 1.57. The lowest BCUT2D eigenvalue weighted by Gasteiger charge is -2.22. The fourth-order valence-electron chi connectivity index (χ4n) is 1.60. The van der Waals surface area contributed by atoms with Crippen molar-refractivity contribution in [3.63, 3.8) is 0 Å². The number of rotatable bonds is 4. The van der Waals surface area contributed by atoms with Crippen LogP contribution in [-0.4, -0.2) is 56.1 Å². The van der Waals surface area contributed by atoms with E-state index in [0.717, 1.165) is 6.42 Å². The van der Waals surface area contributed by atoms with Crippen molar-refractivity contribution < 1.29 is 14.3 Å². The van der Waals surface area contributed by atoms with Gasteiger partial charge in [0.2, 0.25) is 11.8 Å². The van der Waals surface area contributed by atoms with Gasteiger partial charge in [0.05, 0.1) is 12.6 Å². The van der Waals surface area contributed by atoms with Gasteiger partial charge in [-0.3, -0.25) is 9.59 Å². The van der Waals surface area contributed by atoms with Crippen LogP contribution in [0.3, 0.4) is 0 Å². The van der Waals surface area contributed by atoms with Crippen molar-refractivity contribution >= 4 is 11.8 Å². The number of nitrogens with zero attached hydrogens (tertiary/aromatic N) is 1. The molecular formula is C10H19N3O3. The molecule has 1 atom stereocenters. The van der Waals surface area contributed by atoms with Crippen LogP contribution >= 0.6 is 0 Å². The van der Waals surface area contributed by atoms with Crippen LogP contribution < -0.4 is 11.1 Å². The molecule has 0 bridgehead atoms. The first-order valence-electron chi connectivity index (χ1n) is 5.45. The molecule has 0 radical (unpaired) electrons. The summed E-state index contributed by atoms with van der Waals surface area (Å²) in [6.07, 6.45) is 1.25. The molecule has 6 nitrogen and oxygen atoms in total. The van der Waals surface area contributed by atoms with E-state index in [-0.39, 0.29) is 18.4 Å². The molecule has 0 aromatic heterocycles. The Morgan fingerprint density at radius 1 is 1.69 bits per heavy atom. The third-order valence-corrected chi connectivity index (χ3v) is 2.52. The maximum atomic E-state index is 11.9. The predicted octanol–water partition coefficient (Wildman–Crippen LogP) is -1.30. The number of hydrogen-bond acceptors (Lipinski definition) is 4. The molecule has 1 saturated heterocycles. The molecule has 0 aromatic carbocycles. The van der Waals surface area contributed by atoms with Crippen LogP contribution in [0.25, 0.3) is 0 Å². The SMILES string of the molecule is COCCC(N)C(=O)N1CCCNC(=O)C1. The van der Waals surface area contributed by atoms with Gasteiger partial charge in [0, 0.05) is 26.8 Å². The molecule has 1 aliphatic rings. The molecule has 16 heavy (non-hydrogen) atoms. The minimum absolute atomic E-state index is 0.111. The summed E-state index contributed by atoms with van der Waals surface area (Å²) in [4.78, 5) is 24.6. The smallest absolute Gasteiger partial charge is 0.240 e. The van der Waals surface area contributed by atoms with Gasteiger partial charge in [-0.05, 0) is 12.8 Å². The molecule has 6 heteroatoms. The van der Waals surface area contributed by atoms with Gasteiger partial charge in [0.25, 0.3) is 0 Å². The molecule has 0 spiro atoms. The zero-order valence-corrected chi connectivity index (χ0v) is 9.57. The maximum absolute atomic E-state index is 11.9. The van der Waals surface area contributed by atoms with Gasteiger partial charge in [0.15, 0.2) is 0 Å². The van der Waals surface area contributed by atoms with Gasteiger partial charge >= 0.3 is 0 Å². The second kappa shape index (κ2) is 6.44. The fraction of sp³-hybridized carbons (Fsp3) is 0.800. The maximum Gasteiger partial charge on any atom is 0.240 e. The number of nitrogens with one attached hydrogen (secondary N) is 1. The lowest BCUT2D eigenvalue weighted by molar-refractivity contribution is -0.136. The fourth-order valence-corrected chi connectivity index (χ4v) is 1.60. The number of methoxy groups -OCH3 is 1. The lowest BCUT2D eigenvalue weighted by atomic mass is 10.2. The van der Waals surface area contributed by atoms with Gasteiger partial charge in [0.1, 0.15) is 0 Å². The third-order valence-electron chi connectivity index (χ3n) is 2.52. The van der Waals surface area contributed by atoms with Crippen LogP contribution in [0.15, 0.2) is 0 Å². The van der Waals surface area contributed by atoms with Crippen molar-refractivity contribution in [3.05, 3.63) is 0 Å². The van der Waals surface area contributed by atoms with Crippen molar-refractivity contribution in [2.75, 3.05) is 33.4 Å². The number of ether oxygens (including phenoxy) is 1. The summed E-state index contributed by atoms with van der Waals surface area (Å²) in [6.45, 7) is 1.76. The highest BCUT2D eigenvalue weighted by Crippen LogP contribution is 2.01. The van der Waals surface area contributed by atoms with Crippen LogP contribution in [0.5, 0.6) is 0 Å². The number of carbonyl (C=O) groups excluding carboxylic acids is 2. The first-order valence-corrected chi connectivity index (χ1v) is 5.45. The summed E-state index contributed by atoms with van der Waals surface area (Å²) < 4.78 is 4.87. The summed E-state index contributed by atoms with van der Waals surface area (Å²) >= 11 is 0. The highest BCUT2D eigenvalue weighted by Gasteiger charge is 2.24. The summed E-state index contributed by atoms with van der Waals surface area (Å²) in [5.74, 6) is -0.293. The van der Waals surface area contributed by atoms with Gasteiger partial charge in [-0.1, -0.05) is 0 Å². The lowest BCUT2D eigenvalue weighted by Crippen LogP contribution is -2.46. The number of hydrogen-bond donors (Lipinski definition) is 2. The monoisotopic (exact) mass is 229 g/mol. The zero-order valence-electron chi connectivity index (χ0n) is 9.57. The van der Waals surface area contributed by atoms with E-state index >= 15 is 0 Å². The largest absolute Gasteiger partial charge is 0.385 e. The molecule has 2 amide bonds. The molecule has 1 rings (SSSR count). The third kappa shape index (κ3) is 3.79. The Hall–Kier alpha value is -1.14. The quantitative estimate of drug-likeness (QED) is 0.627. The molecular weight excluding hydrogens is 210 g/mol. The normalized spacial score (nSPS) is 18.9. The summed E-state index contributed by atoms with van der Waals surface area (Å²) in [6, 6.07) is -0.578. The highest BCUT2D eigenvalue weighted by atomic mass is 16.5. The molecule has 0 aliphatic carbocycles. The van der Waals surface area contributed by atoms with Crippen LogP contribution in [0.1, 0.15) is 12.8 Å².